The molecule has 1 rings (SSSR count). The molecule has 0 fully saturated rings. The minimum Gasteiger partial charge on any atom is -0.493 e. The second-order valence-corrected chi connectivity index (χ2v) is 4.18. The van der Waals surface area contributed by atoms with Crippen LogP contribution in [0.25, 0.3) is 0 Å². The quantitative estimate of drug-likeness (QED) is 0.799. The molecule has 0 saturated heterocycles. The minimum atomic E-state index is -4.27. The van der Waals surface area contributed by atoms with E-state index in [4.69, 9.17) is 4.74 Å². The molecule has 0 heterocycles. The number of halogens is 4. The Morgan fingerprint density at radius 3 is 2.53 bits per heavy atom. The van der Waals surface area contributed by atoms with Crippen molar-refractivity contribution in [2.75, 3.05) is 13.2 Å². The topological polar surface area (TPSA) is 21.3 Å². The van der Waals surface area contributed by atoms with Crippen LogP contribution in [0.5, 0.6) is 5.75 Å². The van der Waals surface area contributed by atoms with Crippen LogP contribution in [0.15, 0.2) is 18.2 Å². The molecule has 19 heavy (non-hydrogen) atoms. The Labute approximate surface area is 109 Å². The first-order chi connectivity index (χ1) is 8.83. The van der Waals surface area contributed by atoms with E-state index >= 15 is 0 Å². The zero-order chi connectivity index (χ0) is 14.5. The van der Waals surface area contributed by atoms with Gasteiger partial charge in [-0.15, -0.1) is 0 Å². The lowest BCUT2D eigenvalue weighted by Crippen LogP contribution is -2.18. The van der Waals surface area contributed by atoms with Crippen LogP contribution in [0.4, 0.5) is 17.6 Å². The van der Waals surface area contributed by atoms with Crippen LogP contribution in [0.2, 0.25) is 0 Å². The maximum absolute atomic E-state index is 13.7. The zero-order valence-corrected chi connectivity index (χ0v) is 10.9. The molecule has 0 amide bonds. The second-order valence-electron chi connectivity index (χ2n) is 4.18. The Balaban J connectivity index is 2.61. The van der Waals surface area contributed by atoms with E-state index in [2.05, 4.69) is 5.32 Å². The van der Waals surface area contributed by atoms with Crippen LogP contribution in [-0.4, -0.2) is 19.3 Å². The lowest BCUT2D eigenvalue weighted by molar-refractivity contribution is -0.139. The van der Waals surface area contributed by atoms with Gasteiger partial charge in [-0.2, -0.15) is 13.2 Å². The highest BCUT2D eigenvalue weighted by Crippen LogP contribution is 2.23. The van der Waals surface area contributed by atoms with E-state index in [9.17, 15) is 17.6 Å². The number of hydrogen-bond acceptors (Lipinski definition) is 2. The summed E-state index contributed by atoms with van der Waals surface area (Å²) in [5.41, 5.74) is 0.463. The molecule has 1 N–H and O–H groups in total. The number of rotatable bonds is 6. The smallest absolute Gasteiger partial charge is 0.392 e. The van der Waals surface area contributed by atoms with Crippen LogP contribution in [-0.2, 0) is 0 Å². The molecule has 0 spiro atoms. The van der Waals surface area contributed by atoms with Gasteiger partial charge in [-0.1, -0.05) is 13.0 Å². The van der Waals surface area contributed by atoms with Gasteiger partial charge < -0.3 is 10.1 Å². The summed E-state index contributed by atoms with van der Waals surface area (Å²) in [7, 11) is 0. The van der Waals surface area contributed by atoms with E-state index in [1.807, 2.05) is 13.8 Å². The van der Waals surface area contributed by atoms with E-state index in [0.717, 1.165) is 6.07 Å². The molecule has 1 unspecified atom stereocenters. The predicted molar refractivity (Wildman–Crippen MR) is 64.7 cm³/mol. The summed E-state index contributed by atoms with van der Waals surface area (Å²) in [5.74, 6) is -0.382. The number of alkyl halides is 3. The van der Waals surface area contributed by atoms with Crippen molar-refractivity contribution >= 4 is 0 Å². The molecule has 0 radical (unpaired) electrons. The lowest BCUT2D eigenvalue weighted by atomic mass is 10.1. The largest absolute Gasteiger partial charge is 0.493 e. The van der Waals surface area contributed by atoms with E-state index in [1.54, 1.807) is 0 Å². The summed E-state index contributed by atoms with van der Waals surface area (Å²) in [6.07, 6.45) is -5.32. The molecule has 108 valence electrons. The summed E-state index contributed by atoms with van der Waals surface area (Å²) in [6, 6.07) is 3.95. The molecule has 0 aromatic heterocycles. The van der Waals surface area contributed by atoms with Gasteiger partial charge in [0.1, 0.15) is 11.6 Å². The Kier molecular flexibility index (Phi) is 5.60. The SMILES string of the molecule is CCNC(C)c1ccc(OCCC(F)(F)F)cc1F. The van der Waals surface area contributed by atoms with Gasteiger partial charge in [0.2, 0.25) is 0 Å². The molecule has 1 aromatic rings. The third-order valence-electron chi connectivity index (χ3n) is 2.60. The summed E-state index contributed by atoms with van der Waals surface area (Å²) >= 11 is 0. The van der Waals surface area contributed by atoms with Gasteiger partial charge >= 0.3 is 6.18 Å². The zero-order valence-electron chi connectivity index (χ0n) is 10.9. The Morgan fingerprint density at radius 2 is 2.00 bits per heavy atom. The van der Waals surface area contributed by atoms with E-state index in [-0.39, 0.29) is 11.8 Å². The molecule has 0 bridgehead atoms. The van der Waals surface area contributed by atoms with E-state index < -0.39 is 25.0 Å². The van der Waals surface area contributed by atoms with Crippen molar-refractivity contribution in [3.8, 4) is 5.75 Å². The number of nitrogens with one attached hydrogen (secondary N) is 1. The molecule has 0 saturated carbocycles. The normalized spacial score (nSPS) is 13.4. The summed E-state index contributed by atoms with van der Waals surface area (Å²) in [4.78, 5) is 0. The first kappa shape index (κ1) is 15.8. The summed E-state index contributed by atoms with van der Waals surface area (Å²) < 4.78 is 54.4. The van der Waals surface area contributed by atoms with Gasteiger partial charge in [-0.3, -0.25) is 0 Å². The number of ether oxygens (including phenoxy) is 1. The number of benzene rings is 1. The van der Waals surface area contributed by atoms with Crippen LogP contribution in [0.1, 0.15) is 31.9 Å². The fourth-order valence-corrected chi connectivity index (χ4v) is 1.65. The van der Waals surface area contributed by atoms with Crippen molar-refractivity contribution in [3.05, 3.63) is 29.6 Å². The minimum absolute atomic E-state index is 0.106. The molecule has 1 aromatic carbocycles. The average molecular weight is 279 g/mol. The lowest BCUT2D eigenvalue weighted by Gasteiger charge is -2.15. The third-order valence-corrected chi connectivity index (χ3v) is 2.60. The molecule has 6 heteroatoms. The third kappa shape index (κ3) is 5.46. The number of hydrogen-bond donors (Lipinski definition) is 1. The first-order valence-electron chi connectivity index (χ1n) is 6.06. The molecule has 1 atom stereocenters. The summed E-state index contributed by atoms with van der Waals surface area (Å²) in [5, 5.41) is 3.06. The standard InChI is InChI=1S/C13H17F4NO/c1-3-18-9(2)11-5-4-10(8-12(11)14)19-7-6-13(15,16)17/h4-5,8-9,18H,3,6-7H2,1-2H3. The summed E-state index contributed by atoms with van der Waals surface area (Å²) in [6.45, 7) is 3.91. The maximum atomic E-state index is 13.7. The molecule has 0 aliphatic heterocycles. The van der Waals surface area contributed by atoms with Crippen LogP contribution in [0.3, 0.4) is 0 Å². The Hall–Kier alpha value is -1.30. The molecular weight excluding hydrogens is 262 g/mol. The highest BCUT2D eigenvalue weighted by atomic mass is 19.4. The second kappa shape index (κ2) is 6.75. The van der Waals surface area contributed by atoms with Crippen LogP contribution >= 0.6 is 0 Å². The first-order valence-corrected chi connectivity index (χ1v) is 6.06. The van der Waals surface area contributed by atoms with Crippen molar-refractivity contribution in [1.29, 1.82) is 0 Å². The van der Waals surface area contributed by atoms with Crippen LogP contribution < -0.4 is 10.1 Å². The Bertz CT molecular complexity index is 406. The Morgan fingerprint density at radius 1 is 1.32 bits per heavy atom. The molecule has 0 aliphatic rings. The predicted octanol–water partition coefficient (Wildman–Crippen LogP) is 3.83. The van der Waals surface area contributed by atoms with Crippen molar-refractivity contribution in [2.45, 2.75) is 32.5 Å². The van der Waals surface area contributed by atoms with Gasteiger partial charge in [0.25, 0.3) is 0 Å². The monoisotopic (exact) mass is 279 g/mol. The highest BCUT2D eigenvalue weighted by Gasteiger charge is 2.26. The van der Waals surface area contributed by atoms with Gasteiger partial charge in [0.05, 0.1) is 13.0 Å². The molecule has 0 aliphatic carbocycles. The molecular formula is C13H17F4NO. The van der Waals surface area contributed by atoms with E-state index in [0.29, 0.717) is 12.1 Å². The van der Waals surface area contributed by atoms with E-state index in [1.165, 1.54) is 12.1 Å². The average Bonchev–Trinajstić information content (AvgIpc) is 2.27. The van der Waals surface area contributed by atoms with Crippen molar-refractivity contribution in [2.24, 2.45) is 0 Å². The maximum Gasteiger partial charge on any atom is 0.392 e. The van der Waals surface area contributed by atoms with Crippen molar-refractivity contribution < 1.29 is 22.3 Å². The fraction of sp³-hybridized carbons (Fsp3) is 0.538. The van der Waals surface area contributed by atoms with Gasteiger partial charge in [0, 0.05) is 17.7 Å². The highest BCUT2D eigenvalue weighted by molar-refractivity contribution is 5.30. The van der Waals surface area contributed by atoms with Crippen molar-refractivity contribution in [1.82, 2.24) is 5.32 Å². The fourth-order valence-electron chi connectivity index (χ4n) is 1.65. The van der Waals surface area contributed by atoms with Gasteiger partial charge in [-0.25, -0.2) is 4.39 Å². The van der Waals surface area contributed by atoms with Crippen molar-refractivity contribution in [3.63, 3.8) is 0 Å². The van der Waals surface area contributed by atoms with Crippen LogP contribution in [0, 0.1) is 5.82 Å². The van der Waals surface area contributed by atoms with Gasteiger partial charge in [0.15, 0.2) is 0 Å². The van der Waals surface area contributed by atoms with Gasteiger partial charge in [-0.05, 0) is 19.5 Å². The molecule has 2 nitrogen and oxygen atoms in total.